The fourth-order valence-electron chi connectivity index (χ4n) is 0.654. The maximum absolute atomic E-state index is 4.87. The summed E-state index contributed by atoms with van der Waals surface area (Å²) in [4.78, 5) is 0. The van der Waals surface area contributed by atoms with E-state index in [1.807, 2.05) is 0 Å². The Balaban J connectivity index is 1.98. The molecule has 1 rings (SSSR count). The van der Waals surface area contributed by atoms with Crippen LogP contribution in [0.5, 0.6) is 0 Å². The highest BCUT2D eigenvalue weighted by Gasteiger charge is 2.30. The van der Waals surface area contributed by atoms with Crippen molar-refractivity contribution in [1.82, 2.24) is 5.32 Å². The second-order valence-electron chi connectivity index (χ2n) is 2.02. The maximum atomic E-state index is 4.87. The van der Waals surface area contributed by atoms with Crippen molar-refractivity contribution in [3.05, 3.63) is 0 Å². The van der Waals surface area contributed by atoms with Crippen molar-refractivity contribution in [1.29, 1.82) is 0 Å². The zero-order chi connectivity index (χ0) is 5.28. The molecule has 0 radical (unpaired) electrons. The van der Waals surface area contributed by atoms with Crippen LogP contribution in [-0.2, 0) is 4.74 Å². The summed E-state index contributed by atoms with van der Waals surface area (Å²) < 4.78 is 4.87. The van der Waals surface area contributed by atoms with Crippen LogP contribution in [0.3, 0.4) is 0 Å². The summed E-state index contributed by atoms with van der Waals surface area (Å²) in [7, 11) is 1.73. The van der Waals surface area contributed by atoms with Gasteiger partial charge >= 0.3 is 0 Å². The lowest BCUT2D eigenvalue weighted by molar-refractivity contribution is 0.199. The first-order valence-electron chi connectivity index (χ1n) is 2.59. The molecule has 1 saturated heterocycles. The first-order chi connectivity index (χ1) is 3.34. The third-order valence-electron chi connectivity index (χ3n) is 1.32. The largest absolute Gasteiger partial charge is 0.383 e. The molecule has 0 spiro atoms. The van der Waals surface area contributed by atoms with Gasteiger partial charge in [-0.3, -0.25) is 0 Å². The monoisotopic (exact) mass is 101 g/mol. The van der Waals surface area contributed by atoms with Crippen molar-refractivity contribution in [2.24, 2.45) is 0 Å². The molecule has 42 valence electrons. The predicted molar refractivity (Wildman–Crippen MR) is 28.3 cm³/mol. The van der Waals surface area contributed by atoms with E-state index < -0.39 is 0 Å². The molecule has 1 fully saturated rings. The molecule has 7 heavy (non-hydrogen) atoms. The number of hydrogen-bond acceptors (Lipinski definition) is 2. The van der Waals surface area contributed by atoms with E-state index in [-0.39, 0.29) is 0 Å². The van der Waals surface area contributed by atoms with Gasteiger partial charge in [0.15, 0.2) is 0 Å². The number of nitrogens with one attached hydrogen (secondary N) is 1. The number of methoxy groups -OCH3 is 1. The van der Waals surface area contributed by atoms with Gasteiger partial charge in [-0.15, -0.1) is 0 Å². The maximum Gasteiger partial charge on any atom is 0.0631 e. The van der Waals surface area contributed by atoms with Crippen LogP contribution in [0.1, 0.15) is 6.92 Å². The molecule has 0 aliphatic carbocycles. The lowest BCUT2D eigenvalue weighted by atomic mass is 10.4. The fourth-order valence-corrected chi connectivity index (χ4v) is 0.654. The summed E-state index contributed by atoms with van der Waals surface area (Å²) in [5.74, 6) is 0. The van der Waals surface area contributed by atoms with E-state index >= 15 is 0 Å². The van der Waals surface area contributed by atoms with Crippen LogP contribution in [0.15, 0.2) is 0 Å². The minimum Gasteiger partial charge on any atom is -0.383 e. The van der Waals surface area contributed by atoms with Crippen LogP contribution in [0.4, 0.5) is 0 Å². The van der Waals surface area contributed by atoms with Gasteiger partial charge in [0.2, 0.25) is 0 Å². The Kier molecular flexibility index (Phi) is 1.30. The minimum atomic E-state index is 0.644. The van der Waals surface area contributed by atoms with Crippen molar-refractivity contribution >= 4 is 0 Å². The Bertz CT molecular complexity index is 65.1. The van der Waals surface area contributed by atoms with Gasteiger partial charge in [0, 0.05) is 19.2 Å². The molecule has 0 aromatic carbocycles. The standard InChI is InChI=1S/C5H11NO/c1-4-5(6-4)3-7-2/h4-6H,3H2,1-2H3/t4-,5-/m0/s1. The Hall–Kier alpha value is -0.0800. The van der Waals surface area contributed by atoms with Crippen LogP contribution in [0, 0.1) is 0 Å². The van der Waals surface area contributed by atoms with Gasteiger partial charge in [0.05, 0.1) is 6.61 Å². The van der Waals surface area contributed by atoms with Gasteiger partial charge in [-0.2, -0.15) is 0 Å². The molecule has 0 aromatic heterocycles. The summed E-state index contributed by atoms with van der Waals surface area (Å²) in [6.45, 7) is 3.02. The molecule has 2 nitrogen and oxygen atoms in total. The second kappa shape index (κ2) is 1.80. The quantitative estimate of drug-likeness (QED) is 0.496. The Morgan fingerprint density at radius 3 is 2.43 bits per heavy atom. The van der Waals surface area contributed by atoms with E-state index in [9.17, 15) is 0 Å². The molecule has 2 heteroatoms. The highest BCUT2D eigenvalue weighted by molar-refractivity contribution is 4.93. The lowest BCUT2D eigenvalue weighted by Crippen LogP contribution is -2.00. The third kappa shape index (κ3) is 1.14. The zero-order valence-electron chi connectivity index (χ0n) is 4.77. The average Bonchev–Trinajstić information content (AvgIpc) is 2.22. The summed E-state index contributed by atoms with van der Waals surface area (Å²) in [5, 5.41) is 3.21. The van der Waals surface area contributed by atoms with Crippen LogP contribution in [0.2, 0.25) is 0 Å². The topological polar surface area (TPSA) is 31.2 Å². The summed E-state index contributed by atoms with van der Waals surface area (Å²) in [6.07, 6.45) is 0. The van der Waals surface area contributed by atoms with E-state index in [0.29, 0.717) is 12.1 Å². The second-order valence-corrected chi connectivity index (χ2v) is 2.02. The smallest absolute Gasteiger partial charge is 0.0631 e. The molecule has 0 aromatic rings. The molecule has 0 unspecified atom stereocenters. The van der Waals surface area contributed by atoms with Crippen molar-refractivity contribution in [2.45, 2.75) is 19.0 Å². The number of hydrogen-bond donors (Lipinski definition) is 1. The van der Waals surface area contributed by atoms with Crippen LogP contribution in [-0.4, -0.2) is 25.8 Å². The summed E-state index contributed by atoms with van der Waals surface area (Å²) in [5.41, 5.74) is 0. The van der Waals surface area contributed by atoms with E-state index in [2.05, 4.69) is 12.2 Å². The van der Waals surface area contributed by atoms with Crippen molar-refractivity contribution in [2.75, 3.05) is 13.7 Å². The molecule has 0 bridgehead atoms. The van der Waals surface area contributed by atoms with E-state index in [0.717, 1.165) is 6.61 Å². The Labute approximate surface area is 43.9 Å². The Morgan fingerprint density at radius 1 is 1.71 bits per heavy atom. The molecule has 0 saturated carbocycles. The normalized spacial score (nSPS) is 38.6. The van der Waals surface area contributed by atoms with Crippen LogP contribution in [0.25, 0.3) is 0 Å². The molecule has 1 heterocycles. The SMILES string of the molecule is COC[C@@H]1N[C@H]1C. The van der Waals surface area contributed by atoms with E-state index in [1.165, 1.54) is 0 Å². The molecule has 1 aliphatic heterocycles. The lowest BCUT2D eigenvalue weighted by Gasteiger charge is -1.88. The molecular formula is C5H11NO. The van der Waals surface area contributed by atoms with Gasteiger partial charge in [-0.05, 0) is 6.92 Å². The van der Waals surface area contributed by atoms with Crippen LogP contribution < -0.4 is 5.32 Å². The van der Waals surface area contributed by atoms with E-state index in [1.54, 1.807) is 7.11 Å². The molecular weight excluding hydrogens is 90.1 g/mol. The average molecular weight is 101 g/mol. The van der Waals surface area contributed by atoms with Gasteiger partial charge in [0.25, 0.3) is 0 Å². The molecule has 0 amide bonds. The molecule has 2 atom stereocenters. The number of rotatable bonds is 2. The highest BCUT2D eigenvalue weighted by Crippen LogP contribution is 2.07. The van der Waals surface area contributed by atoms with Gasteiger partial charge in [0.1, 0.15) is 0 Å². The van der Waals surface area contributed by atoms with Crippen molar-refractivity contribution < 1.29 is 4.74 Å². The predicted octanol–water partition coefficient (Wildman–Crippen LogP) is -0.00690. The summed E-state index contributed by atoms with van der Waals surface area (Å²) >= 11 is 0. The molecule has 1 aliphatic rings. The van der Waals surface area contributed by atoms with E-state index in [4.69, 9.17) is 4.74 Å². The third-order valence-corrected chi connectivity index (χ3v) is 1.32. The van der Waals surface area contributed by atoms with Crippen molar-refractivity contribution in [3.63, 3.8) is 0 Å². The highest BCUT2D eigenvalue weighted by atomic mass is 16.5. The Morgan fingerprint density at radius 2 is 2.29 bits per heavy atom. The number of ether oxygens (including phenoxy) is 1. The van der Waals surface area contributed by atoms with Gasteiger partial charge in [-0.25, -0.2) is 0 Å². The van der Waals surface area contributed by atoms with Crippen LogP contribution >= 0.6 is 0 Å². The molecule has 1 N–H and O–H groups in total. The minimum absolute atomic E-state index is 0.644. The summed E-state index contributed by atoms with van der Waals surface area (Å²) in [6, 6.07) is 1.34. The van der Waals surface area contributed by atoms with Crippen molar-refractivity contribution in [3.8, 4) is 0 Å². The van der Waals surface area contributed by atoms with Gasteiger partial charge < -0.3 is 10.1 Å². The fraction of sp³-hybridized carbons (Fsp3) is 1.00. The first kappa shape index (κ1) is 5.06. The first-order valence-corrected chi connectivity index (χ1v) is 2.59. The zero-order valence-corrected chi connectivity index (χ0v) is 4.77. The van der Waals surface area contributed by atoms with Gasteiger partial charge in [-0.1, -0.05) is 0 Å².